The second-order valence-corrected chi connectivity index (χ2v) is 4.69. The number of carbonyl (C=O) groups is 2. The molecule has 1 aliphatic heterocycles. The van der Waals surface area contributed by atoms with Crippen LogP contribution in [0.4, 0.5) is 0 Å². The van der Waals surface area contributed by atoms with Crippen molar-refractivity contribution in [1.29, 1.82) is 0 Å². The van der Waals surface area contributed by atoms with Gasteiger partial charge in [-0.2, -0.15) is 0 Å². The van der Waals surface area contributed by atoms with Crippen molar-refractivity contribution in [3.63, 3.8) is 0 Å². The second kappa shape index (κ2) is 6.91. The number of nitrogens with two attached hydrogens (primary N) is 1. The molecule has 1 fully saturated rings. The quantitative estimate of drug-likeness (QED) is 0.784. The van der Waals surface area contributed by atoms with Crippen molar-refractivity contribution in [1.82, 2.24) is 5.32 Å². The van der Waals surface area contributed by atoms with Crippen LogP contribution in [0.2, 0.25) is 0 Å². The van der Waals surface area contributed by atoms with Crippen molar-refractivity contribution < 1.29 is 19.1 Å². The predicted molar refractivity (Wildman–Crippen MR) is 72.4 cm³/mol. The minimum absolute atomic E-state index is 0.225. The molecule has 0 saturated carbocycles. The first-order valence-corrected chi connectivity index (χ1v) is 6.53. The number of benzene rings is 1. The molecular weight excluding hydrogens is 260 g/mol. The molecule has 0 aromatic heterocycles. The zero-order valence-corrected chi connectivity index (χ0v) is 11.1. The number of rotatable bonds is 6. The molecule has 1 aromatic rings. The molecule has 1 saturated heterocycles. The summed E-state index contributed by atoms with van der Waals surface area (Å²) < 4.78 is 10.5. The highest BCUT2D eigenvalue weighted by Gasteiger charge is 2.18. The van der Waals surface area contributed by atoms with Gasteiger partial charge in [-0.3, -0.25) is 9.59 Å². The molecule has 1 heterocycles. The zero-order chi connectivity index (χ0) is 14.4. The van der Waals surface area contributed by atoms with Crippen molar-refractivity contribution in [3.8, 4) is 5.75 Å². The van der Waals surface area contributed by atoms with Crippen LogP contribution in [0.5, 0.6) is 5.75 Å². The average Bonchev–Trinajstić information content (AvgIpc) is 2.96. The monoisotopic (exact) mass is 278 g/mol. The molecule has 0 unspecified atom stereocenters. The number of ether oxygens (including phenoxy) is 2. The van der Waals surface area contributed by atoms with Gasteiger partial charge in [0.15, 0.2) is 6.61 Å². The number of carbonyl (C=O) groups excluding carboxylic acids is 2. The summed E-state index contributed by atoms with van der Waals surface area (Å²) in [6.07, 6.45) is 0.958. The first-order chi connectivity index (χ1) is 9.66. The maximum atomic E-state index is 12.1. The lowest BCUT2D eigenvalue weighted by molar-refractivity contribution is -0.119. The van der Waals surface area contributed by atoms with Crippen LogP contribution in [0.25, 0.3) is 0 Å². The van der Waals surface area contributed by atoms with Gasteiger partial charge in [-0.15, -0.1) is 0 Å². The molecule has 20 heavy (non-hydrogen) atoms. The maximum Gasteiger partial charge on any atom is 0.255 e. The van der Waals surface area contributed by atoms with E-state index < -0.39 is 5.91 Å². The van der Waals surface area contributed by atoms with E-state index >= 15 is 0 Å². The largest absolute Gasteiger partial charge is 0.483 e. The Hall–Kier alpha value is -2.08. The van der Waals surface area contributed by atoms with E-state index in [0.717, 1.165) is 13.0 Å². The lowest BCUT2D eigenvalue weighted by atomic mass is 10.1. The smallest absolute Gasteiger partial charge is 0.255 e. The summed E-state index contributed by atoms with van der Waals surface area (Å²) in [5, 5.41) is 2.85. The maximum absolute atomic E-state index is 12.1. The first kappa shape index (κ1) is 14.3. The molecule has 0 aliphatic carbocycles. The van der Waals surface area contributed by atoms with Crippen LogP contribution >= 0.6 is 0 Å². The fraction of sp³-hybridized carbons (Fsp3) is 0.429. The first-order valence-electron chi connectivity index (χ1n) is 6.53. The molecule has 6 nitrogen and oxygen atoms in total. The van der Waals surface area contributed by atoms with Gasteiger partial charge < -0.3 is 20.5 Å². The zero-order valence-electron chi connectivity index (χ0n) is 11.1. The summed E-state index contributed by atoms with van der Waals surface area (Å²) in [5.41, 5.74) is 5.43. The van der Waals surface area contributed by atoms with Crippen LogP contribution in [0.15, 0.2) is 24.3 Å². The summed E-state index contributed by atoms with van der Waals surface area (Å²) in [6.45, 7) is 1.75. The topological polar surface area (TPSA) is 90.7 Å². The molecule has 0 radical (unpaired) electrons. The summed E-state index contributed by atoms with van der Waals surface area (Å²) in [4.78, 5) is 22.9. The van der Waals surface area contributed by atoms with Crippen LogP contribution in [0, 0.1) is 5.92 Å². The van der Waals surface area contributed by atoms with E-state index in [1.54, 1.807) is 24.3 Å². The third-order valence-electron chi connectivity index (χ3n) is 3.08. The lowest BCUT2D eigenvalue weighted by Crippen LogP contribution is -2.30. The Bertz CT molecular complexity index is 484. The van der Waals surface area contributed by atoms with E-state index in [1.807, 2.05) is 0 Å². The molecule has 3 N–H and O–H groups in total. The van der Waals surface area contributed by atoms with E-state index in [2.05, 4.69) is 5.32 Å². The summed E-state index contributed by atoms with van der Waals surface area (Å²) >= 11 is 0. The Morgan fingerprint density at radius 3 is 2.90 bits per heavy atom. The van der Waals surface area contributed by atoms with Gasteiger partial charge in [0.05, 0.1) is 12.2 Å². The number of amides is 2. The lowest BCUT2D eigenvalue weighted by Gasteiger charge is -2.12. The van der Waals surface area contributed by atoms with Crippen molar-refractivity contribution in [3.05, 3.63) is 29.8 Å². The van der Waals surface area contributed by atoms with Gasteiger partial charge in [-0.1, -0.05) is 12.1 Å². The van der Waals surface area contributed by atoms with E-state index in [-0.39, 0.29) is 12.5 Å². The van der Waals surface area contributed by atoms with Gasteiger partial charge in [0.1, 0.15) is 5.75 Å². The van der Waals surface area contributed by atoms with Crippen molar-refractivity contribution in [2.75, 3.05) is 26.4 Å². The number of primary amides is 1. The highest BCUT2D eigenvalue weighted by Crippen LogP contribution is 2.18. The van der Waals surface area contributed by atoms with Gasteiger partial charge >= 0.3 is 0 Å². The molecule has 108 valence electrons. The fourth-order valence-corrected chi connectivity index (χ4v) is 2.01. The Morgan fingerprint density at radius 1 is 1.40 bits per heavy atom. The molecule has 2 rings (SSSR count). The van der Waals surface area contributed by atoms with Gasteiger partial charge in [0.2, 0.25) is 0 Å². The molecular formula is C14H18N2O4. The summed E-state index contributed by atoms with van der Waals surface area (Å²) in [7, 11) is 0. The van der Waals surface area contributed by atoms with Crippen molar-refractivity contribution in [2.45, 2.75) is 6.42 Å². The van der Waals surface area contributed by atoms with E-state index in [1.165, 1.54) is 0 Å². The van der Waals surface area contributed by atoms with Crippen LogP contribution in [-0.2, 0) is 9.53 Å². The Kier molecular flexibility index (Phi) is 4.95. The van der Waals surface area contributed by atoms with Crippen LogP contribution < -0.4 is 15.8 Å². The predicted octanol–water partition coefficient (Wildman–Crippen LogP) is 0.317. The molecule has 1 aliphatic rings. The average molecular weight is 278 g/mol. The van der Waals surface area contributed by atoms with Gasteiger partial charge in [0, 0.05) is 19.1 Å². The van der Waals surface area contributed by atoms with Gasteiger partial charge in [0.25, 0.3) is 11.8 Å². The Morgan fingerprint density at radius 2 is 2.20 bits per heavy atom. The molecule has 0 bridgehead atoms. The van der Waals surface area contributed by atoms with E-state index in [9.17, 15) is 9.59 Å². The fourth-order valence-electron chi connectivity index (χ4n) is 2.01. The van der Waals surface area contributed by atoms with E-state index in [0.29, 0.717) is 30.4 Å². The number of nitrogens with one attached hydrogen (secondary N) is 1. The summed E-state index contributed by atoms with van der Waals surface area (Å²) in [6, 6.07) is 6.76. The SMILES string of the molecule is NC(=O)COc1ccccc1C(=O)NC[C@@H]1CCOC1. The van der Waals surface area contributed by atoms with Crippen LogP contribution in [0.3, 0.4) is 0 Å². The second-order valence-electron chi connectivity index (χ2n) is 4.69. The minimum atomic E-state index is -0.580. The number of hydrogen-bond donors (Lipinski definition) is 2. The van der Waals surface area contributed by atoms with Gasteiger partial charge in [-0.25, -0.2) is 0 Å². The summed E-state index contributed by atoms with van der Waals surface area (Å²) in [5.74, 6) is -0.0931. The number of para-hydroxylation sites is 1. The third-order valence-corrected chi connectivity index (χ3v) is 3.08. The normalized spacial score (nSPS) is 17.7. The molecule has 1 atom stereocenters. The Balaban J connectivity index is 1.95. The van der Waals surface area contributed by atoms with E-state index in [4.69, 9.17) is 15.2 Å². The van der Waals surface area contributed by atoms with Crippen LogP contribution in [-0.4, -0.2) is 38.2 Å². The molecule has 1 aromatic carbocycles. The third kappa shape index (κ3) is 3.96. The minimum Gasteiger partial charge on any atom is -0.483 e. The van der Waals surface area contributed by atoms with Crippen molar-refractivity contribution >= 4 is 11.8 Å². The van der Waals surface area contributed by atoms with Crippen LogP contribution in [0.1, 0.15) is 16.8 Å². The number of hydrogen-bond acceptors (Lipinski definition) is 4. The Labute approximate surface area is 117 Å². The van der Waals surface area contributed by atoms with Gasteiger partial charge in [-0.05, 0) is 18.6 Å². The molecule has 0 spiro atoms. The molecule has 2 amide bonds. The van der Waals surface area contributed by atoms with Crippen molar-refractivity contribution in [2.24, 2.45) is 11.7 Å². The molecule has 6 heteroatoms. The highest BCUT2D eigenvalue weighted by atomic mass is 16.5. The highest BCUT2D eigenvalue weighted by molar-refractivity contribution is 5.97. The standard InChI is InChI=1S/C14H18N2O4/c15-13(17)9-20-12-4-2-1-3-11(12)14(18)16-7-10-5-6-19-8-10/h1-4,10H,5-9H2,(H2,15,17)(H,16,18)/t10-/m0/s1.